The lowest BCUT2D eigenvalue weighted by molar-refractivity contribution is -0.147. The summed E-state index contributed by atoms with van der Waals surface area (Å²) in [7, 11) is 0. The fourth-order valence-corrected chi connectivity index (χ4v) is 0.982. The monoisotopic (exact) mass is 272 g/mol. The molecule has 0 atom stereocenters. The van der Waals surface area contributed by atoms with Crippen LogP contribution < -0.4 is 0 Å². The summed E-state index contributed by atoms with van der Waals surface area (Å²) in [6.45, 7) is 12.6. The van der Waals surface area contributed by atoms with E-state index in [0.29, 0.717) is 6.61 Å². The van der Waals surface area contributed by atoms with Crippen molar-refractivity contribution < 1.29 is 24.2 Å². The maximum Gasteiger partial charge on any atom is 0.302 e. The molecule has 0 bridgehead atoms. The number of rotatable bonds is 8. The van der Waals surface area contributed by atoms with Crippen LogP contribution in [0.5, 0.6) is 0 Å². The molecule has 0 rings (SSSR count). The van der Waals surface area contributed by atoms with Crippen molar-refractivity contribution in [1.29, 1.82) is 0 Å². The number of esters is 1. The van der Waals surface area contributed by atoms with Gasteiger partial charge in [-0.3, -0.25) is 9.59 Å². The number of carboxylic acids is 1. The van der Waals surface area contributed by atoms with Crippen LogP contribution in [0.25, 0.3) is 0 Å². The summed E-state index contributed by atoms with van der Waals surface area (Å²) in [6.07, 6.45) is 5.23. The lowest BCUT2D eigenvalue weighted by atomic mass is 10.1. The van der Waals surface area contributed by atoms with E-state index in [1.165, 1.54) is 6.92 Å². The molecule has 0 aliphatic carbocycles. The quantitative estimate of drug-likeness (QED) is 0.417. The van der Waals surface area contributed by atoms with Crippen LogP contribution in [-0.4, -0.2) is 35.9 Å². The summed E-state index contributed by atoms with van der Waals surface area (Å²) in [5.74, 6) is -1.16. The molecule has 5 heteroatoms. The Labute approximate surface area is 114 Å². The van der Waals surface area contributed by atoms with Crippen molar-refractivity contribution >= 4 is 11.9 Å². The molecular weight excluding hydrogens is 248 g/mol. The van der Waals surface area contributed by atoms with E-state index in [0.717, 1.165) is 19.8 Å². The minimum Gasteiger partial charge on any atom is -0.481 e. The molecule has 0 aliphatic heterocycles. The Hall–Kier alpha value is -1.62. The van der Waals surface area contributed by atoms with Gasteiger partial charge in [-0.15, -0.1) is 0 Å². The van der Waals surface area contributed by atoms with Gasteiger partial charge in [0, 0.05) is 20.5 Å². The second-order valence-corrected chi connectivity index (χ2v) is 3.86. The molecule has 0 unspecified atom stereocenters. The second kappa shape index (κ2) is 11.5. The molecule has 0 aliphatic rings. The van der Waals surface area contributed by atoms with Gasteiger partial charge in [-0.1, -0.05) is 38.7 Å². The van der Waals surface area contributed by atoms with E-state index < -0.39 is 11.6 Å². The van der Waals surface area contributed by atoms with Gasteiger partial charge in [-0.2, -0.15) is 0 Å². The van der Waals surface area contributed by atoms with E-state index in [1.54, 1.807) is 12.2 Å². The van der Waals surface area contributed by atoms with Crippen LogP contribution >= 0.6 is 0 Å². The minimum absolute atomic E-state index is 0.138. The second-order valence-electron chi connectivity index (χ2n) is 3.86. The molecule has 0 aromatic carbocycles. The van der Waals surface area contributed by atoms with Crippen LogP contribution in [0, 0.1) is 0 Å². The number of carboxylic acid groups (broad SMARTS) is 1. The molecule has 0 radical (unpaired) electrons. The first-order valence-corrected chi connectivity index (χ1v) is 6.07. The Kier molecular flexibility index (Phi) is 11.9. The normalized spacial score (nSPS) is 9.84. The molecule has 0 aromatic rings. The third-order valence-electron chi connectivity index (χ3n) is 2.06. The van der Waals surface area contributed by atoms with Crippen LogP contribution in [-0.2, 0) is 19.1 Å². The standard InChI is InChI=1S/C12H20O3.C2H4O2/c1-5-8-9-15-12(6-2,7-3)10-14-11(4)13;1-2(3)4/h6-7H,2-3,5,8-10H2,1,4H3;1H3,(H,3,4). The zero-order valence-corrected chi connectivity index (χ0v) is 12.0. The molecule has 0 saturated carbocycles. The zero-order valence-electron chi connectivity index (χ0n) is 12.0. The van der Waals surface area contributed by atoms with Gasteiger partial charge in [0.2, 0.25) is 0 Å². The number of carbonyl (C=O) groups excluding carboxylic acids is 1. The molecule has 110 valence electrons. The van der Waals surface area contributed by atoms with Gasteiger partial charge in [0.25, 0.3) is 5.97 Å². The fourth-order valence-electron chi connectivity index (χ4n) is 0.982. The SMILES string of the molecule is C=CC(C=C)(COC(C)=O)OCCCC.CC(=O)O. The average Bonchev–Trinajstić information content (AvgIpc) is 2.33. The van der Waals surface area contributed by atoms with Crippen molar-refractivity contribution in [2.24, 2.45) is 0 Å². The Morgan fingerprint density at radius 3 is 2.05 bits per heavy atom. The van der Waals surface area contributed by atoms with Crippen molar-refractivity contribution in [2.75, 3.05) is 13.2 Å². The van der Waals surface area contributed by atoms with E-state index >= 15 is 0 Å². The summed E-state index contributed by atoms with van der Waals surface area (Å²) in [4.78, 5) is 19.7. The van der Waals surface area contributed by atoms with Crippen LogP contribution in [0.2, 0.25) is 0 Å². The molecule has 0 amide bonds. The highest BCUT2D eigenvalue weighted by molar-refractivity contribution is 5.66. The minimum atomic E-state index is -0.833. The Morgan fingerprint density at radius 1 is 1.26 bits per heavy atom. The highest BCUT2D eigenvalue weighted by Crippen LogP contribution is 2.15. The maximum atomic E-state index is 10.7. The molecular formula is C14H24O5. The first kappa shape index (κ1) is 19.7. The molecule has 19 heavy (non-hydrogen) atoms. The van der Waals surface area contributed by atoms with Crippen molar-refractivity contribution in [3.63, 3.8) is 0 Å². The number of hydrogen-bond acceptors (Lipinski definition) is 4. The van der Waals surface area contributed by atoms with Gasteiger partial charge in [-0.25, -0.2) is 0 Å². The molecule has 5 nitrogen and oxygen atoms in total. The fraction of sp³-hybridized carbons (Fsp3) is 0.571. The zero-order chi connectivity index (χ0) is 15.3. The van der Waals surface area contributed by atoms with Crippen LogP contribution in [0.15, 0.2) is 25.3 Å². The summed E-state index contributed by atoms with van der Waals surface area (Å²) in [6, 6.07) is 0. The Bertz CT molecular complexity index is 284. The number of unbranched alkanes of at least 4 members (excludes halogenated alkanes) is 1. The van der Waals surface area contributed by atoms with Gasteiger partial charge >= 0.3 is 5.97 Å². The molecule has 0 saturated heterocycles. The molecule has 0 fully saturated rings. The van der Waals surface area contributed by atoms with Gasteiger partial charge in [-0.05, 0) is 6.42 Å². The van der Waals surface area contributed by atoms with Crippen LogP contribution in [0.1, 0.15) is 33.6 Å². The van der Waals surface area contributed by atoms with Gasteiger partial charge < -0.3 is 14.6 Å². The maximum absolute atomic E-state index is 10.7. The van der Waals surface area contributed by atoms with E-state index in [2.05, 4.69) is 20.1 Å². The van der Waals surface area contributed by atoms with Gasteiger partial charge in [0.15, 0.2) is 0 Å². The van der Waals surface area contributed by atoms with E-state index in [4.69, 9.17) is 19.4 Å². The molecule has 1 N–H and O–H groups in total. The Morgan fingerprint density at radius 2 is 1.74 bits per heavy atom. The van der Waals surface area contributed by atoms with Gasteiger partial charge in [0.1, 0.15) is 12.2 Å². The lowest BCUT2D eigenvalue weighted by Gasteiger charge is -2.26. The third-order valence-corrected chi connectivity index (χ3v) is 2.06. The first-order valence-electron chi connectivity index (χ1n) is 6.07. The van der Waals surface area contributed by atoms with Crippen molar-refractivity contribution in [3.05, 3.63) is 25.3 Å². The highest BCUT2D eigenvalue weighted by Gasteiger charge is 2.24. The van der Waals surface area contributed by atoms with E-state index in [-0.39, 0.29) is 12.6 Å². The lowest BCUT2D eigenvalue weighted by Crippen LogP contribution is -2.34. The highest BCUT2D eigenvalue weighted by atomic mass is 16.6. The van der Waals surface area contributed by atoms with Crippen molar-refractivity contribution in [3.8, 4) is 0 Å². The largest absolute Gasteiger partial charge is 0.481 e. The topological polar surface area (TPSA) is 72.8 Å². The summed E-state index contributed by atoms with van der Waals surface area (Å²) < 4.78 is 10.5. The average molecular weight is 272 g/mol. The van der Waals surface area contributed by atoms with Gasteiger partial charge in [0.05, 0.1) is 0 Å². The third kappa shape index (κ3) is 12.6. The number of ether oxygens (including phenoxy) is 2. The summed E-state index contributed by atoms with van der Waals surface area (Å²) >= 11 is 0. The van der Waals surface area contributed by atoms with E-state index in [1.807, 2.05) is 0 Å². The van der Waals surface area contributed by atoms with E-state index in [9.17, 15) is 4.79 Å². The molecule has 0 aromatic heterocycles. The summed E-state index contributed by atoms with van der Waals surface area (Å²) in [5.41, 5.74) is -0.749. The number of hydrogen-bond donors (Lipinski definition) is 1. The number of carbonyl (C=O) groups is 2. The van der Waals surface area contributed by atoms with Crippen molar-refractivity contribution in [2.45, 2.75) is 39.2 Å². The van der Waals surface area contributed by atoms with Crippen LogP contribution in [0.4, 0.5) is 0 Å². The number of aliphatic carboxylic acids is 1. The first-order chi connectivity index (χ1) is 8.83. The molecule has 0 spiro atoms. The predicted molar refractivity (Wildman–Crippen MR) is 73.9 cm³/mol. The Balaban J connectivity index is 0. The van der Waals surface area contributed by atoms with Crippen molar-refractivity contribution in [1.82, 2.24) is 0 Å². The smallest absolute Gasteiger partial charge is 0.302 e. The summed E-state index contributed by atoms with van der Waals surface area (Å²) in [5, 5.41) is 7.42. The molecule has 0 heterocycles. The van der Waals surface area contributed by atoms with Crippen LogP contribution in [0.3, 0.4) is 0 Å². The predicted octanol–water partition coefficient (Wildman–Crippen LogP) is 2.57.